The van der Waals surface area contributed by atoms with Gasteiger partial charge in [-0.3, -0.25) is 14.3 Å². The van der Waals surface area contributed by atoms with Crippen LogP contribution < -0.4 is 0 Å². The average Bonchev–Trinajstić information content (AvgIpc) is 2.24. The fourth-order valence-electron chi connectivity index (χ4n) is 0.706. The molecule has 0 fully saturated rings. The van der Waals surface area contributed by atoms with Crippen LogP contribution >= 0.6 is 0 Å². The van der Waals surface area contributed by atoms with Gasteiger partial charge < -0.3 is 0 Å². The van der Waals surface area contributed by atoms with Crippen molar-refractivity contribution in [2.24, 2.45) is 0 Å². The van der Waals surface area contributed by atoms with Crippen LogP contribution in [0.1, 0.15) is 0 Å². The first-order chi connectivity index (χ1) is 9.80. The van der Waals surface area contributed by atoms with Crippen molar-refractivity contribution in [2.75, 3.05) is 0 Å². The molecule has 0 aliphatic carbocycles. The van der Waals surface area contributed by atoms with E-state index in [0.717, 1.165) is 0 Å². The Labute approximate surface area is 115 Å². The van der Waals surface area contributed by atoms with Crippen LogP contribution in [-0.2, 0) is 19.1 Å². The lowest BCUT2D eigenvalue weighted by atomic mass is 10.3. The van der Waals surface area contributed by atoms with Crippen molar-refractivity contribution in [3.05, 3.63) is 0 Å². The van der Waals surface area contributed by atoms with E-state index in [1.807, 2.05) is 0 Å². The minimum Gasteiger partial charge on any atom is -0.259 e. The van der Waals surface area contributed by atoms with Crippen LogP contribution in [0.2, 0.25) is 0 Å². The number of carbonyl (C=O) groups excluding carboxylic acids is 2. The minimum atomic E-state index is -7.10. The highest BCUT2D eigenvalue weighted by molar-refractivity contribution is 5.77. The van der Waals surface area contributed by atoms with E-state index in [1.165, 1.54) is 0 Å². The largest absolute Gasteiger partial charge is 0.459 e. The van der Waals surface area contributed by atoms with Gasteiger partial charge in [0.1, 0.15) is 0 Å². The summed E-state index contributed by atoms with van der Waals surface area (Å²) in [6.07, 6.45) is -27.4. The molecule has 1 unspecified atom stereocenters. The van der Waals surface area contributed by atoms with Gasteiger partial charge >= 0.3 is 42.4 Å². The summed E-state index contributed by atoms with van der Waals surface area (Å²) < 4.78 is 150. The highest BCUT2D eigenvalue weighted by Gasteiger charge is 2.75. The summed E-state index contributed by atoms with van der Waals surface area (Å²) >= 11 is 0. The second-order valence-electron chi connectivity index (χ2n) is 3.39. The van der Waals surface area contributed by atoms with E-state index in [4.69, 9.17) is 0 Å². The Kier molecular flexibility index (Phi) is 5.41. The van der Waals surface area contributed by atoms with E-state index in [1.54, 1.807) is 9.47 Å². The molecule has 0 aromatic heterocycles. The lowest BCUT2D eigenvalue weighted by Gasteiger charge is -2.32. The molecule has 0 rings (SSSR count). The van der Waals surface area contributed by atoms with Crippen LogP contribution in [0.15, 0.2) is 0 Å². The second kappa shape index (κ2) is 5.81. The zero-order valence-corrected chi connectivity index (χ0v) is 9.67. The molecule has 0 aliphatic heterocycles. The van der Waals surface area contributed by atoms with Gasteiger partial charge in [-0.15, -0.1) is 0 Å². The molecule has 0 heterocycles. The van der Waals surface area contributed by atoms with Gasteiger partial charge in [0, 0.05) is 0 Å². The number of hydrogen-bond acceptors (Lipinski definition) is 4. The summed E-state index contributed by atoms with van der Waals surface area (Å²) in [7, 11) is 0. The molecule has 0 saturated carbocycles. The summed E-state index contributed by atoms with van der Waals surface area (Å²) in [4.78, 5) is 19.2. The van der Waals surface area contributed by atoms with Crippen LogP contribution in [0, 0.1) is 0 Å². The molecule has 0 radical (unpaired) electrons. The summed E-state index contributed by atoms with van der Waals surface area (Å²) in [5.74, 6) is -6.70. The number of alkyl halides is 10. The third kappa shape index (κ3) is 4.24. The third-order valence-corrected chi connectivity index (χ3v) is 1.71. The summed E-state index contributed by atoms with van der Waals surface area (Å²) in [6, 6.07) is -8.48. The molecule has 136 valence electrons. The Morgan fingerprint density at radius 1 is 0.609 bits per heavy atom. The maximum Gasteiger partial charge on any atom is 0.459 e. The van der Waals surface area contributed by atoms with Crippen molar-refractivity contribution < 1.29 is 71.7 Å². The predicted octanol–water partition coefficient (Wildman–Crippen LogP) is 3.02. The van der Waals surface area contributed by atoms with Crippen molar-refractivity contribution in [3.8, 4) is 0 Å². The number of ether oxygens (including phenoxy) is 2. The average molecular weight is 376 g/mol. The van der Waals surface area contributed by atoms with Gasteiger partial charge in [0.2, 0.25) is 0 Å². The smallest absolute Gasteiger partial charge is 0.259 e. The molecule has 0 spiro atoms. The molecule has 0 saturated heterocycles. The highest BCUT2D eigenvalue weighted by atomic mass is 19.4. The van der Waals surface area contributed by atoms with E-state index < -0.39 is 42.4 Å². The Morgan fingerprint density at radius 3 is 1.22 bits per heavy atom. The maximum absolute atomic E-state index is 12.8. The molecule has 0 aliphatic rings. The zero-order chi connectivity index (χ0) is 19.1. The van der Waals surface area contributed by atoms with Crippen molar-refractivity contribution >= 4 is 12.1 Å². The normalized spacial score (nSPS) is 16.9. The topological polar surface area (TPSA) is 52.6 Å². The monoisotopic (exact) mass is 376 g/mol. The first-order valence-electron chi connectivity index (χ1n) is 4.49. The van der Waals surface area contributed by atoms with E-state index >= 15 is 0 Å². The Hall–Kier alpha value is -1.58. The van der Waals surface area contributed by atoms with Gasteiger partial charge in [-0.2, -0.15) is 52.7 Å². The quantitative estimate of drug-likeness (QED) is 0.507. The molecule has 0 aromatic rings. The summed E-state index contributed by atoms with van der Waals surface area (Å²) in [5.41, 5.74) is 0. The minimum absolute atomic E-state index is 1.65. The fourth-order valence-corrected chi connectivity index (χ4v) is 0.706. The maximum atomic E-state index is 12.8. The van der Waals surface area contributed by atoms with Gasteiger partial charge in [-0.1, -0.05) is 0 Å². The molecular weight excluding hydrogens is 376 g/mol. The highest BCUT2D eigenvalue weighted by Crippen LogP contribution is 2.47. The molecule has 1 atom stereocenters. The van der Waals surface area contributed by atoms with E-state index in [9.17, 15) is 62.3 Å². The molecule has 0 aromatic carbocycles. The van der Waals surface area contributed by atoms with E-state index in [-0.39, 0.29) is 0 Å². The van der Waals surface area contributed by atoms with Crippen molar-refractivity contribution in [2.45, 2.75) is 30.4 Å². The van der Waals surface area contributed by atoms with Crippen LogP contribution in [0.3, 0.4) is 0 Å². The first kappa shape index (κ1) is 21.4. The van der Waals surface area contributed by atoms with Crippen LogP contribution in [0.25, 0.3) is 0 Å². The van der Waals surface area contributed by atoms with E-state index in [0.29, 0.717) is 0 Å². The van der Waals surface area contributed by atoms with Gasteiger partial charge in [-0.05, 0) is 0 Å². The summed E-state index contributed by atoms with van der Waals surface area (Å²) in [6.45, 7) is 0. The molecule has 16 heteroatoms. The van der Waals surface area contributed by atoms with Gasteiger partial charge in [0.05, 0.1) is 0 Å². The molecule has 23 heavy (non-hydrogen) atoms. The summed E-state index contributed by atoms with van der Waals surface area (Å²) in [5, 5.41) is 0. The molecule has 0 amide bonds. The number of hydrogen-bond donors (Lipinski definition) is 0. The number of carbonyl (C=O) groups is 2. The van der Waals surface area contributed by atoms with Gasteiger partial charge in [-0.25, -0.2) is 4.74 Å². The number of rotatable bonds is 7. The van der Waals surface area contributed by atoms with Crippen molar-refractivity contribution in [1.29, 1.82) is 0 Å². The van der Waals surface area contributed by atoms with Crippen LogP contribution in [0.5, 0.6) is 0 Å². The fraction of sp³-hybridized carbons (Fsp3) is 0.714. The second-order valence-corrected chi connectivity index (χ2v) is 3.39. The van der Waals surface area contributed by atoms with E-state index in [2.05, 4.69) is 0 Å². The lowest BCUT2D eigenvalue weighted by molar-refractivity contribution is -0.506. The van der Waals surface area contributed by atoms with Gasteiger partial charge in [0.15, 0.2) is 0 Å². The predicted molar refractivity (Wildman–Crippen MR) is 39.1 cm³/mol. The Bertz CT molecular complexity index is 484. The van der Waals surface area contributed by atoms with Crippen LogP contribution in [0.4, 0.5) is 52.7 Å². The molecule has 0 N–H and O–H groups in total. The molecular formula is C7F12O4. The Morgan fingerprint density at radius 2 is 0.957 bits per heavy atom. The number of halogens is 12. The first-order valence-corrected chi connectivity index (χ1v) is 4.49. The molecule has 4 nitrogen and oxygen atoms in total. The zero-order valence-electron chi connectivity index (χ0n) is 9.67. The lowest BCUT2D eigenvalue weighted by Crippen LogP contribution is -2.59. The standard InChI is InChI=1S/C7F12O4/c8-1(20)3(10,5(13,14)15)22-6(16,17)7(18,19)23-4(11,12)2(9)21. The SMILES string of the molecule is O=C(F)C(F)(F)OC(F)(F)C(F)(F)OC(F)(C(=O)F)C(F)(F)F. The van der Waals surface area contributed by atoms with Crippen LogP contribution in [-0.4, -0.2) is 42.4 Å². The van der Waals surface area contributed by atoms with Gasteiger partial charge in [0.25, 0.3) is 0 Å². The molecule has 0 bridgehead atoms. The van der Waals surface area contributed by atoms with Crippen molar-refractivity contribution in [3.63, 3.8) is 0 Å². The Balaban J connectivity index is 5.71. The van der Waals surface area contributed by atoms with Crippen molar-refractivity contribution in [1.82, 2.24) is 0 Å². The third-order valence-electron chi connectivity index (χ3n) is 1.71.